The summed E-state index contributed by atoms with van der Waals surface area (Å²) in [5, 5.41) is 3.34. The quantitative estimate of drug-likeness (QED) is 0.365. The zero-order chi connectivity index (χ0) is 28.9. The SMILES string of the molecule is CC(C)NC(=O)[C@H](Cc1ccccc1)N(Cc1ccccc1Cl)C(=O)CN(c1ccc2c(c1)OCO2)S(C)(=O)=O. The molecule has 3 aromatic rings. The minimum absolute atomic E-state index is 0.000261. The number of ether oxygens (including phenoxy) is 2. The predicted octanol–water partition coefficient (Wildman–Crippen LogP) is 4.00. The molecule has 11 heteroatoms. The van der Waals surface area contributed by atoms with Crippen molar-refractivity contribution in [2.24, 2.45) is 0 Å². The Balaban J connectivity index is 1.74. The second-order valence-corrected chi connectivity index (χ2v) is 12.1. The standard InChI is InChI=1S/C29H32ClN3O6S/c1-20(2)31-29(35)25(15-21-9-5-4-6-10-21)32(17-22-11-7-8-12-24(22)30)28(34)18-33(40(3,36)37)23-13-14-26-27(16-23)39-19-38-26/h4-14,16,20,25H,15,17-19H2,1-3H3,(H,31,35)/t25-/m0/s1. The summed E-state index contributed by atoms with van der Waals surface area (Å²) in [6, 6.07) is 19.9. The highest BCUT2D eigenvalue weighted by Gasteiger charge is 2.34. The van der Waals surface area contributed by atoms with Gasteiger partial charge in [0.15, 0.2) is 11.5 Å². The molecule has 0 saturated carbocycles. The summed E-state index contributed by atoms with van der Waals surface area (Å²) in [4.78, 5) is 29.0. The number of rotatable bonds is 11. The molecule has 0 bridgehead atoms. The van der Waals surface area contributed by atoms with Crippen molar-refractivity contribution in [3.8, 4) is 11.5 Å². The Labute approximate surface area is 239 Å². The fourth-order valence-electron chi connectivity index (χ4n) is 4.40. The van der Waals surface area contributed by atoms with E-state index in [1.165, 1.54) is 11.0 Å². The summed E-state index contributed by atoms with van der Waals surface area (Å²) in [5.41, 5.74) is 1.71. The van der Waals surface area contributed by atoms with Gasteiger partial charge in [0.2, 0.25) is 28.6 Å². The molecule has 0 aromatic heterocycles. The van der Waals surface area contributed by atoms with E-state index in [1.807, 2.05) is 44.2 Å². The number of carbonyl (C=O) groups excluding carboxylic acids is 2. The smallest absolute Gasteiger partial charge is 0.244 e. The Morgan fingerprint density at radius 3 is 2.33 bits per heavy atom. The molecule has 0 fully saturated rings. The zero-order valence-electron chi connectivity index (χ0n) is 22.5. The number of hydrogen-bond donors (Lipinski definition) is 1. The number of anilines is 1. The van der Waals surface area contributed by atoms with Crippen molar-refractivity contribution in [2.75, 3.05) is 23.9 Å². The minimum atomic E-state index is -3.91. The molecule has 0 aliphatic carbocycles. The molecule has 4 rings (SSSR count). The third-order valence-electron chi connectivity index (χ3n) is 6.32. The largest absolute Gasteiger partial charge is 0.454 e. The molecule has 1 atom stereocenters. The predicted molar refractivity (Wildman–Crippen MR) is 154 cm³/mol. The maximum absolute atomic E-state index is 14.1. The number of nitrogens with zero attached hydrogens (tertiary/aromatic N) is 2. The summed E-state index contributed by atoms with van der Waals surface area (Å²) in [7, 11) is -3.91. The molecule has 0 saturated heterocycles. The van der Waals surface area contributed by atoms with Gasteiger partial charge >= 0.3 is 0 Å². The number of amides is 2. The lowest BCUT2D eigenvalue weighted by Crippen LogP contribution is -2.54. The highest BCUT2D eigenvalue weighted by atomic mass is 35.5. The van der Waals surface area contributed by atoms with Crippen molar-refractivity contribution < 1.29 is 27.5 Å². The molecule has 1 aliphatic heterocycles. The highest BCUT2D eigenvalue weighted by Crippen LogP contribution is 2.36. The van der Waals surface area contributed by atoms with Gasteiger partial charge in [-0.25, -0.2) is 8.42 Å². The van der Waals surface area contributed by atoms with E-state index < -0.39 is 28.5 Å². The molecule has 3 aromatic carbocycles. The van der Waals surface area contributed by atoms with Crippen LogP contribution in [0.15, 0.2) is 72.8 Å². The van der Waals surface area contributed by atoms with Crippen LogP contribution in [0.3, 0.4) is 0 Å². The number of hydrogen-bond acceptors (Lipinski definition) is 6. The van der Waals surface area contributed by atoms with Crippen molar-refractivity contribution in [1.29, 1.82) is 0 Å². The number of fused-ring (bicyclic) bond motifs is 1. The molecule has 0 unspecified atom stereocenters. The van der Waals surface area contributed by atoms with Crippen molar-refractivity contribution in [3.05, 3.63) is 88.9 Å². The van der Waals surface area contributed by atoms with E-state index in [9.17, 15) is 18.0 Å². The topological polar surface area (TPSA) is 105 Å². The van der Waals surface area contributed by atoms with Crippen LogP contribution < -0.4 is 19.1 Å². The molecule has 1 N–H and O–H groups in total. The Hall–Kier alpha value is -3.76. The first-order chi connectivity index (χ1) is 19.0. The lowest BCUT2D eigenvalue weighted by molar-refractivity contribution is -0.140. The second kappa shape index (κ2) is 12.6. The monoisotopic (exact) mass is 585 g/mol. The van der Waals surface area contributed by atoms with Crippen LogP contribution in [0, 0.1) is 0 Å². The van der Waals surface area contributed by atoms with Crippen LogP contribution in [0.5, 0.6) is 11.5 Å². The average molecular weight is 586 g/mol. The van der Waals surface area contributed by atoms with Gasteiger partial charge in [-0.05, 0) is 43.2 Å². The van der Waals surface area contributed by atoms with Gasteiger partial charge in [0, 0.05) is 30.1 Å². The van der Waals surface area contributed by atoms with Crippen LogP contribution in [0.4, 0.5) is 5.69 Å². The second-order valence-electron chi connectivity index (χ2n) is 9.79. The van der Waals surface area contributed by atoms with Crippen molar-refractivity contribution in [1.82, 2.24) is 10.2 Å². The van der Waals surface area contributed by atoms with E-state index in [0.29, 0.717) is 22.1 Å². The van der Waals surface area contributed by atoms with E-state index >= 15 is 0 Å². The maximum atomic E-state index is 14.1. The molecule has 0 radical (unpaired) electrons. The molecule has 0 spiro atoms. The molecular weight excluding hydrogens is 554 g/mol. The van der Waals surface area contributed by atoms with E-state index in [1.54, 1.807) is 36.4 Å². The van der Waals surface area contributed by atoms with Gasteiger partial charge in [-0.2, -0.15) is 0 Å². The van der Waals surface area contributed by atoms with Crippen molar-refractivity contribution >= 4 is 39.1 Å². The van der Waals surface area contributed by atoms with Gasteiger partial charge in [-0.1, -0.05) is 60.1 Å². The van der Waals surface area contributed by atoms with Gasteiger partial charge < -0.3 is 19.7 Å². The Bertz CT molecular complexity index is 1470. The van der Waals surface area contributed by atoms with Gasteiger partial charge in [-0.15, -0.1) is 0 Å². The van der Waals surface area contributed by atoms with Crippen LogP contribution >= 0.6 is 11.6 Å². The number of benzene rings is 3. The number of halogens is 1. The Morgan fingerprint density at radius 1 is 0.975 bits per heavy atom. The fraction of sp³-hybridized carbons (Fsp3) is 0.310. The normalized spacial score (nSPS) is 13.1. The van der Waals surface area contributed by atoms with E-state index in [4.69, 9.17) is 21.1 Å². The third-order valence-corrected chi connectivity index (χ3v) is 7.83. The molecule has 212 valence electrons. The summed E-state index contributed by atoms with van der Waals surface area (Å²) in [6.07, 6.45) is 1.24. The van der Waals surface area contributed by atoms with Gasteiger partial charge in [0.05, 0.1) is 11.9 Å². The fourth-order valence-corrected chi connectivity index (χ4v) is 5.44. The third kappa shape index (κ3) is 7.25. The molecule has 40 heavy (non-hydrogen) atoms. The van der Waals surface area contributed by atoms with Crippen LogP contribution in [-0.2, 0) is 32.6 Å². The number of nitrogens with one attached hydrogen (secondary N) is 1. The molecule has 2 amide bonds. The number of sulfonamides is 1. The van der Waals surface area contributed by atoms with E-state index in [-0.39, 0.29) is 37.4 Å². The highest BCUT2D eigenvalue weighted by molar-refractivity contribution is 7.92. The Kier molecular flexibility index (Phi) is 9.21. The van der Waals surface area contributed by atoms with Gasteiger partial charge in [-0.3, -0.25) is 13.9 Å². The summed E-state index contributed by atoms with van der Waals surface area (Å²) in [5.74, 6) is -0.0574. The van der Waals surface area contributed by atoms with Crippen LogP contribution in [-0.4, -0.2) is 56.8 Å². The molecule has 9 nitrogen and oxygen atoms in total. The first-order valence-corrected chi connectivity index (χ1v) is 15.0. The minimum Gasteiger partial charge on any atom is -0.454 e. The molecular formula is C29H32ClN3O6S. The summed E-state index contributed by atoms with van der Waals surface area (Å²) >= 11 is 6.46. The van der Waals surface area contributed by atoms with E-state index in [2.05, 4.69) is 5.32 Å². The van der Waals surface area contributed by atoms with Crippen LogP contribution in [0.2, 0.25) is 5.02 Å². The first kappa shape index (κ1) is 29.2. The van der Waals surface area contributed by atoms with Crippen molar-refractivity contribution in [2.45, 2.75) is 38.9 Å². The van der Waals surface area contributed by atoms with Gasteiger partial charge in [0.25, 0.3) is 0 Å². The maximum Gasteiger partial charge on any atom is 0.244 e. The molecule has 1 heterocycles. The first-order valence-electron chi connectivity index (χ1n) is 12.8. The average Bonchev–Trinajstić information content (AvgIpc) is 3.37. The number of carbonyl (C=O) groups is 2. The van der Waals surface area contributed by atoms with Crippen LogP contribution in [0.25, 0.3) is 0 Å². The van der Waals surface area contributed by atoms with E-state index in [0.717, 1.165) is 16.1 Å². The van der Waals surface area contributed by atoms with Crippen LogP contribution in [0.1, 0.15) is 25.0 Å². The lowest BCUT2D eigenvalue weighted by atomic mass is 10.0. The summed E-state index contributed by atoms with van der Waals surface area (Å²) in [6.45, 7) is 3.16. The Morgan fingerprint density at radius 2 is 1.65 bits per heavy atom. The zero-order valence-corrected chi connectivity index (χ0v) is 24.1. The lowest BCUT2D eigenvalue weighted by Gasteiger charge is -2.34. The van der Waals surface area contributed by atoms with Crippen molar-refractivity contribution in [3.63, 3.8) is 0 Å². The summed E-state index contributed by atoms with van der Waals surface area (Å²) < 4.78 is 37.6. The molecule has 1 aliphatic rings. The van der Waals surface area contributed by atoms with Gasteiger partial charge in [0.1, 0.15) is 12.6 Å².